The number of fused-ring (bicyclic) bond motifs is 9. The molecule has 0 amide bonds. The van der Waals surface area contributed by atoms with Gasteiger partial charge in [-0.3, -0.25) is 0 Å². The van der Waals surface area contributed by atoms with E-state index in [4.69, 9.17) is 0 Å². The van der Waals surface area contributed by atoms with Gasteiger partial charge in [0.2, 0.25) is 0 Å². The Morgan fingerprint density at radius 2 is 0.741 bits per heavy atom. The summed E-state index contributed by atoms with van der Waals surface area (Å²) in [6.45, 7) is 18.4. The van der Waals surface area contributed by atoms with E-state index in [2.05, 4.69) is 296 Å². The zero-order valence-corrected chi connectivity index (χ0v) is 53.8. The molecular formula is C81H74N2Se2. The van der Waals surface area contributed by atoms with Crippen molar-refractivity contribution in [3.8, 4) is 55.6 Å². The minimum atomic E-state index is -0.126. The van der Waals surface area contributed by atoms with Gasteiger partial charge < -0.3 is 0 Å². The van der Waals surface area contributed by atoms with Crippen molar-refractivity contribution in [3.63, 3.8) is 0 Å². The van der Waals surface area contributed by atoms with Crippen LogP contribution in [0.4, 0.5) is 34.1 Å². The van der Waals surface area contributed by atoms with E-state index in [1.54, 1.807) is 0 Å². The summed E-state index contributed by atoms with van der Waals surface area (Å²) >= 11 is 0.308. The minimum absolute atomic E-state index is 0.126. The molecule has 1 aliphatic carbocycles. The molecule has 0 saturated carbocycles. The van der Waals surface area contributed by atoms with E-state index in [0.717, 1.165) is 25.7 Å². The third kappa shape index (κ3) is 10.00. The summed E-state index contributed by atoms with van der Waals surface area (Å²) in [4.78, 5) is 5.13. The van der Waals surface area contributed by atoms with Gasteiger partial charge in [0, 0.05) is 0 Å². The van der Waals surface area contributed by atoms with Crippen molar-refractivity contribution in [1.82, 2.24) is 0 Å². The molecule has 2 nitrogen and oxygen atoms in total. The third-order valence-electron chi connectivity index (χ3n) is 18.4. The van der Waals surface area contributed by atoms with Crippen molar-refractivity contribution in [2.24, 2.45) is 0 Å². The van der Waals surface area contributed by atoms with Gasteiger partial charge in [0.15, 0.2) is 0 Å². The molecule has 0 aromatic heterocycles. The predicted octanol–water partition coefficient (Wildman–Crippen LogP) is 19.6. The summed E-state index contributed by atoms with van der Waals surface area (Å²) in [5.41, 5.74) is 26.4. The number of rotatable bonds is 12. The molecule has 2 aliphatic heterocycles. The number of unbranched alkanes of at least 4 members (excludes halogenated alkanes) is 2. The maximum atomic E-state index is 2.62. The van der Waals surface area contributed by atoms with E-state index in [1.165, 1.54) is 153 Å². The standard InChI is InChI=1S/C81H74N2Se2/c1-9-11-47-81(48-12-10-2)69-52-65(83-71-18-14-16-20-75(71)85-77-51-60(35-46-73(77)83)58-27-23-54(24-28-58)56-31-38-63(39-32-56)80(6,7)8)41-44-67(69)68-42-33-61-49-64(40-43-66(61)78(68)81)82-70-17-13-15-19-74(70)84-76-50-59(34-45-72(76)82)57-25-21-53(22-26-57)55-29-36-62(37-30-55)79(3,4)5/h13-46,49-52H,9-12,47-48H2,1-8H3. The zero-order chi connectivity index (χ0) is 58.2. The van der Waals surface area contributed by atoms with Gasteiger partial charge in [-0.2, -0.15) is 0 Å². The van der Waals surface area contributed by atoms with Crippen molar-refractivity contribution in [2.45, 2.75) is 110 Å². The van der Waals surface area contributed by atoms with E-state index in [0.29, 0.717) is 0 Å². The van der Waals surface area contributed by atoms with E-state index in [1.807, 2.05) is 0 Å². The van der Waals surface area contributed by atoms with Crippen molar-refractivity contribution < 1.29 is 0 Å². The van der Waals surface area contributed by atoms with Crippen LogP contribution in [0.2, 0.25) is 0 Å². The van der Waals surface area contributed by atoms with Crippen molar-refractivity contribution >= 4 is 92.7 Å². The number of hydrogen-bond donors (Lipinski definition) is 0. The number of anilines is 6. The van der Waals surface area contributed by atoms with Gasteiger partial charge in [-0.15, -0.1) is 0 Å². The topological polar surface area (TPSA) is 6.48 Å². The first kappa shape index (κ1) is 55.2. The van der Waals surface area contributed by atoms with Gasteiger partial charge in [0.05, 0.1) is 0 Å². The Labute approximate surface area is 517 Å². The van der Waals surface area contributed by atoms with Crippen LogP contribution in [0, 0.1) is 0 Å². The second kappa shape index (κ2) is 22.0. The molecule has 0 bridgehead atoms. The van der Waals surface area contributed by atoms with Crippen LogP contribution >= 0.6 is 0 Å². The fourth-order valence-electron chi connectivity index (χ4n) is 13.7. The first-order valence-corrected chi connectivity index (χ1v) is 34.3. The fraction of sp³-hybridized carbons (Fsp3) is 0.210. The van der Waals surface area contributed by atoms with Crippen LogP contribution in [0.5, 0.6) is 0 Å². The molecule has 0 saturated heterocycles. The molecule has 14 rings (SSSR count). The second-order valence-electron chi connectivity index (χ2n) is 25.9. The van der Waals surface area contributed by atoms with Crippen LogP contribution in [0.15, 0.2) is 231 Å². The molecule has 0 radical (unpaired) electrons. The van der Waals surface area contributed by atoms with Crippen LogP contribution in [-0.4, -0.2) is 29.9 Å². The number of nitrogens with zero attached hydrogens (tertiary/aromatic N) is 2. The Hall–Kier alpha value is -7.68. The molecule has 11 aromatic carbocycles. The molecular weight excluding hydrogens is 1160 g/mol. The third-order valence-corrected chi connectivity index (χ3v) is 23.0. The van der Waals surface area contributed by atoms with Crippen LogP contribution in [0.25, 0.3) is 66.4 Å². The van der Waals surface area contributed by atoms with E-state index >= 15 is 0 Å². The Morgan fingerprint density at radius 1 is 0.353 bits per heavy atom. The van der Waals surface area contributed by atoms with Gasteiger partial charge >= 0.3 is 479 Å². The van der Waals surface area contributed by atoms with E-state index in [9.17, 15) is 0 Å². The first-order chi connectivity index (χ1) is 41.3. The normalized spacial score (nSPS) is 13.9. The SMILES string of the molecule is CCCCC1(CCCC)c2cc(N3c4ccccc4[Se]c4cc(-c5ccc(-c6ccc(C(C)(C)C)cc6)cc5)ccc43)ccc2-c2ccc3cc(N4c5ccccc5[Se]c5cc(-c6ccc(-c7ccc(C(C)(C)C)cc7)cc6)ccc54)ccc3c21. The molecule has 0 spiro atoms. The van der Waals surface area contributed by atoms with Gasteiger partial charge in [-0.05, 0) is 0 Å². The van der Waals surface area contributed by atoms with Crippen molar-refractivity contribution in [2.75, 3.05) is 9.80 Å². The molecule has 0 fully saturated rings. The predicted molar refractivity (Wildman–Crippen MR) is 368 cm³/mol. The number of para-hydroxylation sites is 2. The second-order valence-corrected chi connectivity index (χ2v) is 30.4. The Kier molecular flexibility index (Phi) is 14.3. The average Bonchev–Trinajstić information content (AvgIpc) is 2.81. The Bertz CT molecular complexity index is 4320. The van der Waals surface area contributed by atoms with Crippen molar-refractivity contribution in [1.29, 1.82) is 0 Å². The summed E-state index contributed by atoms with van der Waals surface area (Å²) in [6, 6.07) is 89.1. The molecule has 11 aromatic rings. The number of benzene rings is 11. The van der Waals surface area contributed by atoms with Gasteiger partial charge in [0.25, 0.3) is 0 Å². The van der Waals surface area contributed by atoms with Crippen LogP contribution < -0.4 is 27.6 Å². The molecule has 420 valence electrons. The Morgan fingerprint density at radius 3 is 1.20 bits per heavy atom. The Balaban J connectivity index is 0.812. The average molecular weight is 1230 g/mol. The van der Waals surface area contributed by atoms with E-state index < -0.39 is 0 Å². The van der Waals surface area contributed by atoms with Crippen LogP contribution in [-0.2, 0) is 16.2 Å². The fourth-order valence-corrected chi connectivity index (χ4v) is 18.3. The van der Waals surface area contributed by atoms with Gasteiger partial charge in [0.1, 0.15) is 0 Å². The molecule has 0 N–H and O–H groups in total. The summed E-state index contributed by atoms with van der Waals surface area (Å²) in [6.07, 6.45) is 6.91. The molecule has 3 aliphatic rings. The first-order valence-electron chi connectivity index (χ1n) is 30.8. The molecule has 0 atom stereocenters. The molecule has 2 heterocycles. The van der Waals surface area contributed by atoms with Gasteiger partial charge in [-0.1, -0.05) is 41.5 Å². The van der Waals surface area contributed by atoms with Gasteiger partial charge in [-0.25, -0.2) is 0 Å². The summed E-state index contributed by atoms with van der Waals surface area (Å²) in [5.74, 6) is 0. The molecule has 85 heavy (non-hydrogen) atoms. The monoisotopic (exact) mass is 1230 g/mol. The van der Waals surface area contributed by atoms with E-state index in [-0.39, 0.29) is 46.2 Å². The van der Waals surface area contributed by atoms with Crippen LogP contribution in [0.3, 0.4) is 0 Å². The quantitative estimate of drug-likeness (QED) is 0.113. The number of hydrogen-bond acceptors (Lipinski definition) is 2. The van der Waals surface area contributed by atoms with Crippen LogP contribution in [0.1, 0.15) is 116 Å². The maximum absolute atomic E-state index is 2.62. The molecule has 0 unspecified atom stereocenters. The van der Waals surface area contributed by atoms with Crippen molar-refractivity contribution in [3.05, 3.63) is 253 Å². The molecule has 4 heteroatoms. The zero-order valence-electron chi connectivity index (χ0n) is 50.4. The summed E-state index contributed by atoms with van der Waals surface area (Å²) in [5, 5.41) is 2.70. The summed E-state index contributed by atoms with van der Waals surface area (Å²) < 4.78 is 5.67. The summed E-state index contributed by atoms with van der Waals surface area (Å²) in [7, 11) is 0.